The van der Waals surface area contributed by atoms with E-state index in [1.165, 1.54) is 0 Å². The van der Waals surface area contributed by atoms with Crippen LogP contribution in [0.1, 0.15) is 23.6 Å². The first-order valence-corrected chi connectivity index (χ1v) is 7.15. The molecule has 20 heavy (non-hydrogen) atoms. The SMILES string of the molecule is NC(CC(=O)OCc1ccccc1Br)c1ccccc1. The van der Waals surface area contributed by atoms with Crippen molar-refractivity contribution in [2.75, 3.05) is 0 Å². The zero-order valence-electron chi connectivity index (χ0n) is 11.0. The highest BCUT2D eigenvalue weighted by Crippen LogP contribution is 2.18. The van der Waals surface area contributed by atoms with Crippen molar-refractivity contribution in [2.45, 2.75) is 19.1 Å². The van der Waals surface area contributed by atoms with Crippen molar-refractivity contribution < 1.29 is 9.53 Å². The maximum Gasteiger partial charge on any atom is 0.308 e. The summed E-state index contributed by atoms with van der Waals surface area (Å²) in [5.74, 6) is -0.294. The van der Waals surface area contributed by atoms with Gasteiger partial charge in [-0.15, -0.1) is 0 Å². The Bertz CT molecular complexity index is 572. The molecular weight excluding hydrogens is 318 g/mol. The number of esters is 1. The molecule has 1 atom stereocenters. The minimum Gasteiger partial charge on any atom is -0.461 e. The molecule has 104 valence electrons. The molecule has 0 aliphatic rings. The molecule has 2 aromatic carbocycles. The van der Waals surface area contributed by atoms with E-state index in [9.17, 15) is 4.79 Å². The van der Waals surface area contributed by atoms with Crippen LogP contribution in [-0.4, -0.2) is 5.97 Å². The second-order valence-corrected chi connectivity index (χ2v) is 5.33. The summed E-state index contributed by atoms with van der Waals surface area (Å²) in [5.41, 5.74) is 7.86. The first-order chi connectivity index (χ1) is 9.66. The Morgan fingerprint density at radius 2 is 1.75 bits per heavy atom. The minimum atomic E-state index is -0.331. The predicted octanol–water partition coefficient (Wildman–Crippen LogP) is 3.58. The van der Waals surface area contributed by atoms with Crippen molar-refractivity contribution in [1.29, 1.82) is 0 Å². The van der Waals surface area contributed by atoms with Gasteiger partial charge in [-0.05, 0) is 11.6 Å². The fourth-order valence-corrected chi connectivity index (χ4v) is 2.23. The monoisotopic (exact) mass is 333 g/mol. The van der Waals surface area contributed by atoms with Crippen LogP contribution in [0.15, 0.2) is 59.1 Å². The topological polar surface area (TPSA) is 52.3 Å². The van der Waals surface area contributed by atoms with E-state index >= 15 is 0 Å². The highest BCUT2D eigenvalue weighted by Gasteiger charge is 2.13. The van der Waals surface area contributed by atoms with Crippen molar-refractivity contribution in [2.24, 2.45) is 5.73 Å². The van der Waals surface area contributed by atoms with Crippen LogP contribution in [0.4, 0.5) is 0 Å². The summed E-state index contributed by atoms with van der Waals surface area (Å²) in [5, 5.41) is 0. The van der Waals surface area contributed by atoms with Crippen molar-refractivity contribution in [1.82, 2.24) is 0 Å². The Morgan fingerprint density at radius 1 is 1.10 bits per heavy atom. The molecule has 0 heterocycles. The predicted molar refractivity (Wildman–Crippen MR) is 81.9 cm³/mol. The van der Waals surface area contributed by atoms with Gasteiger partial charge in [-0.2, -0.15) is 0 Å². The number of benzene rings is 2. The second-order valence-electron chi connectivity index (χ2n) is 4.47. The Balaban J connectivity index is 1.86. The molecule has 1 unspecified atom stereocenters. The normalized spacial score (nSPS) is 11.9. The van der Waals surface area contributed by atoms with E-state index in [0.717, 1.165) is 15.6 Å². The third-order valence-electron chi connectivity index (χ3n) is 2.96. The first kappa shape index (κ1) is 14.8. The van der Waals surface area contributed by atoms with Crippen LogP contribution in [-0.2, 0) is 16.1 Å². The average molecular weight is 334 g/mol. The molecule has 0 amide bonds. The Morgan fingerprint density at radius 3 is 2.45 bits per heavy atom. The maximum absolute atomic E-state index is 11.8. The van der Waals surface area contributed by atoms with Gasteiger partial charge in [-0.3, -0.25) is 4.79 Å². The van der Waals surface area contributed by atoms with Crippen LogP contribution in [0.25, 0.3) is 0 Å². The molecule has 0 aliphatic carbocycles. The largest absolute Gasteiger partial charge is 0.461 e. The fourth-order valence-electron chi connectivity index (χ4n) is 1.83. The highest BCUT2D eigenvalue weighted by atomic mass is 79.9. The van der Waals surface area contributed by atoms with Crippen LogP contribution in [0, 0.1) is 0 Å². The molecule has 2 N–H and O–H groups in total. The number of carbonyl (C=O) groups is 1. The van der Waals surface area contributed by atoms with E-state index in [1.807, 2.05) is 54.6 Å². The number of hydrogen-bond acceptors (Lipinski definition) is 3. The summed E-state index contributed by atoms with van der Waals surface area (Å²) in [6.45, 7) is 0.252. The van der Waals surface area contributed by atoms with E-state index in [1.54, 1.807) is 0 Å². The van der Waals surface area contributed by atoms with Crippen LogP contribution in [0.5, 0.6) is 0 Å². The summed E-state index contributed by atoms with van der Waals surface area (Å²) in [6, 6.07) is 16.9. The minimum absolute atomic E-state index is 0.175. The smallest absolute Gasteiger partial charge is 0.308 e. The third kappa shape index (κ3) is 4.18. The molecule has 2 aromatic rings. The Labute approximate surface area is 126 Å². The van der Waals surface area contributed by atoms with Gasteiger partial charge >= 0.3 is 5.97 Å². The summed E-state index contributed by atoms with van der Waals surface area (Å²) >= 11 is 3.42. The van der Waals surface area contributed by atoms with Crippen molar-refractivity contribution in [3.05, 3.63) is 70.2 Å². The molecule has 0 spiro atoms. The molecule has 3 nitrogen and oxygen atoms in total. The van der Waals surface area contributed by atoms with Gasteiger partial charge in [0.25, 0.3) is 0 Å². The van der Waals surface area contributed by atoms with Gasteiger partial charge in [0.1, 0.15) is 6.61 Å². The van der Waals surface area contributed by atoms with Gasteiger partial charge < -0.3 is 10.5 Å². The maximum atomic E-state index is 11.8. The molecule has 4 heteroatoms. The van der Waals surface area contributed by atoms with E-state index in [0.29, 0.717) is 0 Å². The van der Waals surface area contributed by atoms with Crippen molar-refractivity contribution >= 4 is 21.9 Å². The van der Waals surface area contributed by atoms with Crippen LogP contribution >= 0.6 is 15.9 Å². The highest BCUT2D eigenvalue weighted by molar-refractivity contribution is 9.10. The molecule has 0 radical (unpaired) electrons. The number of carbonyl (C=O) groups excluding carboxylic acids is 1. The lowest BCUT2D eigenvalue weighted by molar-refractivity contribution is -0.145. The zero-order valence-corrected chi connectivity index (χ0v) is 12.5. The Hall–Kier alpha value is -1.65. The van der Waals surface area contributed by atoms with Gasteiger partial charge in [0.2, 0.25) is 0 Å². The number of halogens is 1. The molecule has 0 saturated carbocycles. The number of hydrogen-bond donors (Lipinski definition) is 1. The lowest BCUT2D eigenvalue weighted by Gasteiger charge is -2.12. The first-order valence-electron chi connectivity index (χ1n) is 6.36. The average Bonchev–Trinajstić information content (AvgIpc) is 2.47. The zero-order chi connectivity index (χ0) is 14.4. The van der Waals surface area contributed by atoms with Crippen molar-refractivity contribution in [3.8, 4) is 0 Å². The summed E-state index contributed by atoms with van der Waals surface area (Å²) in [6.07, 6.45) is 0.175. The standard InChI is InChI=1S/C16H16BrNO2/c17-14-9-5-4-8-13(14)11-20-16(19)10-15(18)12-6-2-1-3-7-12/h1-9,15H,10-11,18H2. The van der Waals surface area contributed by atoms with E-state index in [-0.39, 0.29) is 25.0 Å². The molecular formula is C16H16BrNO2. The molecule has 0 aliphatic heterocycles. The van der Waals surface area contributed by atoms with Gasteiger partial charge in [0.05, 0.1) is 6.42 Å². The summed E-state index contributed by atoms with van der Waals surface area (Å²) in [7, 11) is 0. The molecule has 0 bridgehead atoms. The summed E-state index contributed by atoms with van der Waals surface area (Å²) in [4.78, 5) is 11.8. The molecule has 0 saturated heterocycles. The van der Waals surface area contributed by atoms with Gasteiger partial charge in [0.15, 0.2) is 0 Å². The van der Waals surface area contributed by atoms with Gasteiger partial charge in [-0.1, -0.05) is 64.5 Å². The lowest BCUT2D eigenvalue weighted by atomic mass is 10.1. The van der Waals surface area contributed by atoms with Crippen molar-refractivity contribution in [3.63, 3.8) is 0 Å². The number of rotatable bonds is 5. The fraction of sp³-hybridized carbons (Fsp3) is 0.188. The molecule has 0 fully saturated rings. The van der Waals surface area contributed by atoms with E-state index in [2.05, 4.69) is 15.9 Å². The molecule has 0 aromatic heterocycles. The van der Waals surface area contributed by atoms with Gasteiger partial charge in [-0.25, -0.2) is 0 Å². The van der Waals surface area contributed by atoms with Crippen LogP contribution in [0.2, 0.25) is 0 Å². The Kier molecular flexibility index (Phi) is 5.32. The van der Waals surface area contributed by atoms with E-state index < -0.39 is 0 Å². The summed E-state index contributed by atoms with van der Waals surface area (Å²) < 4.78 is 6.18. The van der Waals surface area contributed by atoms with Gasteiger partial charge in [0, 0.05) is 16.1 Å². The second kappa shape index (κ2) is 7.22. The van der Waals surface area contributed by atoms with Crippen LogP contribution in [0.3, 0.4) is 0 Å². The number of nitrogens with two attached hydrogens (primary N) is 1. The van der Waals surface area contributed by atoms with E-state index in [4.69, 9.17) is 10.5 Å². The third-order valence-corrected chi connectivity index (χ3v) is 3.73. The lowest BCUT2D eigenvalue weighted by Crippen LogP contribution is -2.17. The molecule has 2 rings (SSSR count). The van der Waals surface area contributed by atoms with Crippen LogP contribution < -0.4 is 5.73 Å². The quantitative estimate of drug-likeness (QED) is 0.851. The number of ether oxygens (including phenoxy) is 1.